The molecule has 11 amide bonds. The van der Waals surface area contributed by atoms with E-state index in [1.165, 1.54) is 0 Å². The molecule has 1 saturated heterocycles. The Morgan fingerprint density at radius 3 is 1.75 bits per heavy atom. The van der Waals surface area contributed by atoms with E-state index >= 15 is 0 Å². The third-order valence-corrected chi connectivity index (χ3v) is 10.2. The highest BCUT2D eigenvalue weighted by molar-refractivity contribution is 7.80. The molecule has 0 spiro atoms. The number of nitrogens with zero attached hydrogens (tertiary/aromatic N) is 2. The standard InChI is InChI=1S/C37H63N15O16S/c1-15(54)27(29(40)61)50-31(63)18(9-23(39)56)48-35(67)28(16(2)55)51-33(65)21(14-69)49-32(64)20(13-53)47-25(58)12-45-34(66)22-6-4-8-52(22)36(68)19(10-26(59)60)46-24(57)11-44-30(62)17(38)5-3-7-43-37(41)42/h15-22,27-28,53-55,69H,3-14,38H2,1-2H3,(H2,39,56)(H2,40,61)(H,44,62)(H,45,66)(H,46,57)(H,47,58)(H,48,67)(H,49,64)(H,50,63)(H,51,65)(H,59,60)(H4,41,42,43)/t15-,16-,17+,18+,19+,20+,21+,22+,27+,28+/m1/s1. The molecule has 22 N–H and O–H groups in total. The first-order chi connectivity index (χ1) is 32.2. The summed E-state index contributed by atoms with van der Waals surface area (Å²) in [6, 6.07) is -12.7. The summed E-state index contributed by atoms with van der Waals surface area (Å²) >= 11 is 4.01. The number of carboxylic acids is 1. The molecular weight excluding hydrogens is 943 g/mol. The number of aliphatic carboxylic acids is 1. The molecule has 1 rings (SSSR count). The maximum atomic E-state index is 13.5. The molecule has 1 heterocycles. The van der Waals surface area contributed by atoms with Crippen molar-refractivity contribution in [2.75, 3.05) is 38.5 Å². The summed E-state index contributed by atoms with van der Waals surface area (Å²) in [7, 11) is 0. The van der Waals surface area contributed by atoms with Gasteiger partial charge in [0.15, 0.2) is 5.96 Å². The fourth-order valence-electron chi connectivity index (χ4n) is 6.28. The number of carbonyl (C=O) groups excluding carboxylic acids is 11. The summed E-state index contributed by atoms with van der Waals surface area (Å²) in [6.45, 7) is -0.239. The predicted molar refractivity (Wildman–Crippen MR) is 240 cm³/mol. The summed E-state index contributed by atoms with van der Waals surface area (Å²) in [5.41, 5.74) is 26.6. The van der Waals surface area contributed by atoms with E-state index in [0.29, 0.717) is 6.42 Å². The normalized spacial score (nSPS) is 17.0. The molecule has 0 aromatic rings. The zero-order valence-electron chi connectivity index (χ0n) is 37.7. The lowest BCUT2D eigenvalue weighted by Crippen LogP contribution is -2.62. The number of nitrogens with one attached hydrogen (secondary N) is 8. The number of primary amides is 2. The van der Waals surface area contributed by atoms with Gasteiger partial charge in [0, 0.05) is 18.8 Å². The van der Waals surface area contributed by atoms with E-state index in [1.807, 2.05) is 5.32 Å². The highest BCUT2D eigenvalue weighted by atomic mass is 32.1. The third-order valence-electron chi connectivity index (χ3n) is 9.84. The highest BCUT2D eigenvalue weighted by Crippen LogP contribution is 2.19. The first-order valence-electron chi connectivity index (χ1n) is 21.1. The average molecular weight is 1010 g/mol. The number of amides is 11. The van der Waals surface area contributed by atoms with E-state index < -0.39 is 170 Å². The van der Waals surface area contributed by atoms with E-state index in [2.05, 4.69) is 54.8 Å². The first-order valence-corrected chi connectivity index (χ1v) is 21.7. The number of aliphatic imine (C=N–C) groups is 1. The molecule has 1 fully saturated rings. The monoisotopic (exact) mass is 1010 g/mol. The molecular formula is C37H63N15O16S. The molecule has 1 aliphatic heterocycles. The van der Waals surface area contributed by atoms with Crippen LogP contribution in [0.4, 0.5) is 0 Å². The van der Waals surface area contributed by atoms with Crippen molar-refractivity contribution in [3.8, 4) is 0 Å². The molecule has 0 aliphatic carbocycles. The molecule has 0 unspecified atom stereocenters. The van der Waals surface area contributed by atoms with Crippen molar-refractivity contribution in [1.82, 2.24) is 47.4 Å². The largest absolute Gasteiger partial charge is 0.481 e. The Labute approximate surface area is 399 Å². The fourth-order valence-corrected chi connectivity index (χ4v) is 6.53. The Morgan fingerprint density at radius 2 is 1.23 bits per heavy atom. The lowest BCUT2D eigenvalue weighted by atomic mass is 10.1. The summed E-state index contributed by atoms with van der Waals surface area (Å²) in [5, 5.41) is 56.8. The van der Waals surface area contributed by atoms with Crippen LogP contribution in [0.3, 0.4) is 0 Å². The van der Waals surface area contributed by atoms with Crippen LogP contribution >= 0.6 is 12.6 Å². The number of nitrogens with two attached hydrogens (primary N) is 5. The second-order valence-corrected chi connectivity index (χ2v) is 15.9. The number of likely N-dealkylation sites (tertiary alicyclic amines) is 1. The molecule has 388 valence electrons. The second kappa shape index (κ2) is 29.8. The predicted octanol–water partition coefficient (Wildman–Crippen LogP) is -11.0. The van der Waals surface area contributed by atoms with Crippen LogP contribution in [0, 0.1) is 0 Å². The Balaban J connectivity index is 2.91. The number of aliphatic hydroxyl groups is 3. The Morgan fingerprint density at radius 1 is 0.696 bits per heavy atom. The molecule has 10 atom stereocenters. The van der Waals surface area contributed by atoms with Crippen molar-refractivity contribution in [2.24, 2.45) is 33.7 Å². The minimum Gasteiger partial charge on any atom is -0.481 e. The molecule has 1 aliphatic rings. The van der Waals surface area contributed by atoms with Crippen LogP contribution in [0.1, 0.15) is 52.4 Å². The number of carboxylic acid groups (broad SMARTS) is 1. The molecule has 69 heavy (non-hydrogen) atoms. The first kappa shape index (κ1) is 60.1. The van der Waals surface area contributed by atoms with Crippen LogP contribution < -0.4 is 71.2 Å². The second-order valence-electron chi connectivity index (χ2n) is 15.5. The van der Waals surface area contributed by atoms with Crippen molar-refractivity contribution < 1.29 is 78.0 Å². The molecule has 0 aromatic heterocycles. The van der Waals surface area contributed by atoms with Crippen molar-refractivity contribution >= 4 is 89.5 Å². The SMILES string of the molecule is C[C@@H](O)[C@H](NC(=O)[C@H](CC(N)=O)NC(=O)[C@@H](NC(=O)[C@H](CS)NC(=O)[C@H](CO)NC(=O)CNC(=O)[C@@H]1CCCN1C(=O)[C@H](CC(=O)O)NC(=O)CNC(=O)[C@@H](N)CCCN=C(N)N)[C@@H](C)O)C(N)=O. The van der Waals surface area contributed by atoms with Gasteiger partial charge in [-0.1, -0.05) is 0 Å². The molecule has 0 radical (unpaired) electrons. The molecule has 32 heteroatoms. The Bertz CT molecular complexity index is 1920. The fraction of sp³-hybridized carbons (Fsp3) is 0.649. The summed E-state index contributed by atoms with van der Waals surface area (Å²) < 4.78 is 0. The van der Waals surface area contributed by atoms with Gasteiger partial charge in [0.2, 0.25) is 65.0 Å². The van der Waals surface area contributed by atoms with Gasteiger partial charge in [-0.3, -0.25) is 62.5 Å². The smallest absolute Gasteiger partial charge is 0.305 e. The van der Waals surface area contributed by atoms with Crippen LogP contribution in [0.2, 0.25) is 0 Å². The van der Waals surface area contributed by atoms with Crippen molar-refractivity contribution in [3.05, 3.63) is 0 Å². The maximum Gasteiger partial charge on any atom is 0.305 e. The zero-order valence-corrected chi connectivity index (χ0v) is 38.6. The van der Waals surface area contributed by atoms with Crippen LogP contribution in [0.5, 0.6) is 0 Å². The van der Waals surface area contributed by atoms with Crippen LogP contribution in [0.15, 0.2) is 4.99 Å². The van der Waals surface area contributed by atoms with Crippen molar-refractivity contribution in [2.45, 2.75) is 113 Å². The number of thiol groups is 1. The quantitative estimate of drug-likeness (QED) is 0.0137. The minimum absolute atomic E-state index is 0.0492. The number of aliphatic hydroxyl groups excluding tert-OH is 3. The van der Waals surface area contributed by atoms with Gasteiger partial charge < -0.3 is 96.5 Å². The van der Waals surface area contributed by atoms with Gasteiger partial charge in [-0.15, -0.1) is 0 Å². The third kappa shape index (κ3) is 21.3. The van der Waals surface area contributed by atoms with Gasteiger partial charge in [0.05, 0.1) is 50.8 Å². The minimum atomic E-state index is -1.88. The van der Waals surface area contributed by atoms with E-state index in [-0.39, 0.29) is 38.3 Å². The number of hydrogen-bond acceptors (Lipinski definition) is 18. The van der Waals surface area contributed by atoms with Gasteiger partial charge in [-0.25, -0.2) is 0 Å². The molecule has 31 nitrogen and oxygen atoms in total. The summed E-state index contributed by atoms with van der Waals surface area (Å²) in [5.74, 6) is -13.7. The molecule has 0 saturated carbocycles. The summed E-state index contributed by atoms with van der Waals surface area (Å²) in [4.78, 5) is 157. The zero-order chi connectivity index (χ0) is 52.7. The van der Waals surface area contributed by atoms with E-state index in [4.69, 9.17) is 28.7 Å². The van der Waals surface area contributed by atoms with Gasteiger partial charge in [0.1, 0.15) is 42.3 Å². The van der Waals surface area contributed by atoms with E-state index in [1.54, 1.807) is 0 Å². The van der Waals surface area contributed by atoms with Crippen LogP contribution in [-0.2, 0) is 57.5 Å². The Kier molecular flexibility index (Phi) is 25.9. The Hall–Kier alpha value is -6.90. The van der Waals surface area contributed by atoms with E-state index in [0.717, 1.165) is 18.7 Å². The van der Waals surface area contributed by atoms with Crippen LogP contribution in [-0.4, -0.2) is 201 Å². The maximum absolute atomic E-state index is 13.5. The van der Waals surface area contributed by atoms with Crippen molar-refractivity contribution in [1.29, 1.82) is 0 Å². The number of guanidine groups is 1. The number of hydrogen-bond donors (Lipinski definition) is 18. The van der Waals surface area contributed by atoms with Crippen molar-refractivity contribution in [3.63, 3.8) is 0 Å². The van der Waals surface area contributed by atoms with Gasteiger partial charge in [-0.2, -0.15) is 12.6 Å². The van der Waals surface area contributed by atoms with E-state index in [9.17, 15) is 78.0 Å². The highest BCUT2D eigenvalue weighted by Gasteiger charge is 2.39. The molecule has 0 bridgehead atoms. The molecule has 0 aromatic carbocycles. The van der Waals surface area contributed by atoms with Gasteiger partial charge >= 0.3 is 5.97 Å². The average Bonchev–Trinajstić information content (AvgIpc) is 3.76. The summed E-state index contributed by atoms with van der Waals surface area (Å²) in [6.07, 6.45) is -4.13. The van der Waals surface area contributed by atoms with Gasteiger partial charge in [-0.05, 0) is 39.5 Å². The van der Waals surface area contributed by atoms with Crippen LogP contribution in [0.25, 0.3) is 0 Å². The topological polar surface area (TPSA) is 528 Å². The number of carbonyl (C=O) groups is 12. The van der Waals surface area contributed by atoms with Gasteiger partial charge in [0.25, 0.3) is 0 Å². The number of rotatable bonds is 30. The lowest BCUT2D eigenvalue weighted by molar-refractivity contribution is -0.146. The lowest BCUT2D eigenvalue weighted by Gasteiger charge is -2.28.